The van der Waals surface area contributed by atoms with Crippen LogP contribution in [0.2, 0.25) is 0 Å². The quantitative estimate of drug-likeness (QED) is 0.867. The highest BCUT2D eigenvalue weighted by molar-refractivity contribution is 7.91. The van der Waals surface area contributed by atoms with Gasteiger partial charge >= 0.3 is 4.87 Å². The van der Waals surface area contributed by atoms with Gasteiger partial charge in [0.05, 0.1) is 0 Å². The highest BCUT2D eigenvalue weighted by Crippen LogP contribution is 2.26. The second-order valence-electron chi connectivity index (χ2n) is 5.39. The first-order valence-corrected chi connectivity index (χ1v) is 8.05. The van der Waals surface area contributed by atoms with Gasteiger partial charge in [0.25, 0.3) is 10.0 Å². The molecule has 0 amide bonds. The molecule has 1 aromatic heterocycles. The normalized spacial score (nSPS) is 13.2. The van der Waals surface area contributed by atoms with E-state index >= 15 is 0 Å². The molecule has 0 atom stereocenters. The van der Waals surface area contributed by atoms with Crippen LogP contribution in [0.5, 0.6) is 0 Å². The van der Waals surface area contributed by atoms with E-state index in [0.29, 0.717) is 18.2 Å². The van der Waals surface area contributed by atoms with Gasteiger partial charge in [-0.05, 0) is 18.3 Å². The van der Waals surface area contributed by atoms with Crippen molar-refractivity contribution in [2.75, 3.05) is 6.54 Å². The maximum Gasteiger partial charge on any atom is 0.305 e. The van der Waals surface area contributed by atoms with Crippen LogP contribution in [0.25, 0.3) is 0 Å². The summed E-state index contributed by atoms with van der Waals surface area (Å²) >= 11 is 0.719. The van der Waals surface area contributed by atoms with E-state index in [1.54, 1.807) is 6.92 Å². The van der Waals surface area contributed by atoms with Gasteiger partial charge in [-0.1, -0.05) is 39.0 Å². The molecule has 0 aliphatic carbocycles. The smallest absolute Gasteiger partial charge is 0.305 e. The fourth-order valence-electron chi connectivity index (χ4n) is 1.20. The molecule has 0 saturated carbocycles. The van der Waals surface area contributed by atoms with Gasteiger partial charge in [-0.3, -0.25) is 4.79 Å². The fraction of sp³-hybridized carbons (Fsp3) is 0.727. The van der Waals surface area contributed by atoms with Crippen molar-refractivity contribution >= 4 is 21.4 Å². The van der Waals surface area contributed by atoms with E-state index in [1.165, 1.54) is 0 Å². The molecule has 0 radical (unpaired) electrons. The summed E-state index contributed by atoms with van der Waals surface area (Å²) < 4.78 is 26.8. The third-order valence-electron chi connectivity index (χ3n) is 3.31. The van der Waals surface area contributed by atoms with Crippen LogP contribution in [-0.4, -0.2) is 19.9 Å². The number of aromatic nitrogens is 1. The molecule has 0 bridgehead atoms. The molecule has 1 rings (SSSR count). The number of nitrogens with one attached hydrogen (secondary N) is 2. The molecular formula is C11H20N2O3S2. The molecule has 1 aromatic rings. The maximum absolute atomic E-state index is 12.1. The molecule has 0 aliphatic rings. The van der Waals surface area contributed by atoms with Crippen molar-refractivity contribution in [3.8, 4) is 0 Å². The zero-order valence-corrected chi connectivity index (χ0v) is 13.0. The first-order chi connectivity index (χ1) is 8.06. The minimum Gasteiger partial charge on any atom is -0.315 e. The van der Waals surface area contributed by atoms with Crippen LogP contribution in [0, 0.1) is 18.3 Å². The van der Waals surface area contributed by atoms with Gasteiger partial charge in [0.2, 0.25) is 0 Å². The predicted molar refractivity (Wildman–Crippen MR) is 73.5 cm³/mol. The lowest BCUT2D eigenvalue weighted by Crippen LogP contribution is -2.36. The molecule has 104 valence electrons. The van der Waals surface area contributed by atoms with Crippen LogP contribution in [0.3, 0.4) is 0 Å². The third-order valence-corrected chi connectivity index (χ3v) is 6.31. The van der Waals surface area contributed by atoms with Crippen molar-refractivity contribution in [1.82, 2.24) is 9.71 Å². The summed E-state index contributed by atoms with van der Waals surface area (Å²) in [5.74, 6) is 0.353. The number of aryl methyl sites for hydroxylation is 1. The zero-order chi connectivity index (χ0) is 14.1. The summed E-state index contributed by atoms with van der Waals surface area (Å²) in [5.41, 5.74) is 0.252. The van der Waals surface area contributed by atoms with Crippen molar-refractivity contribution in [1.29, 1.82) is 0 Å². The van der Waals surface area contributed by atoms with Crippen molar-refractivity contribution in [2.45, 2.75) is 38.8 Å². The van der Waals surface area contributed by atoms with Gasteiger partial charge in [0.1, 0.15) is 0 Å². The molecule has 0 unspecified atom stereocenters. The van der Waals surface area contributed by atoms with E-state index in [9.17, 15) is 13.2 Å². The summed E-state index contributed by atoms with van der Waals surface area (Å²) in [6.07, 6.45) is 0. The van der Waals surface area contributed by atoms with Crippen LogP contribution in [0.4, 0.5) is 0 Å². The maximum atomic E-state index is 12.1. The largest absolute Gasteiger partial charge is 0.315 e. The van der Waals surface area contributed by atoms with E-state index in [1.807, 2.05) is 27.7 Å². The Balaban J connectivity index is 2.91. The first-order valence-electron chi connectivity index (χ1n) is 5.75. The molecule has 2 N–H and O–H groups in total. The van der Waals surface area contributed by atoms with Crippen molar-refractivity contribution in [3.05, 3.63) is 15.4 Å². The van der Waals surface area contributed by atoms with Crippen LogP contribution >= 0.6 is 11.3 Å². The minimum absolute atomic E-state index is 0.0760. The van der Waals surface area contributed by atoms with Crippen LogP contribution in [-0.2, 0) is 10.0 Å². The molecule has 18 heavy (non-hydrogen) atoms. The van der Waals surface area contributed by atoms with Gasteiger partial charge in [0, 0.05) is 12.2 Å². The van der Waals surface area contributed by atoms with Crippen molar-refractivity contribution < 1.29 is 8.42 Å². The van der Waals surface area contributed by atoms with Gasteiger partial charge in [-0.2, -0.15) is 0 Å². The molecular weight excluding hydrogens is 272 g/mol. The number of hydrogen-bond donors (Lipinski definition) is 2. The average molecular weight is 292 g/mol. The summed E-state index contributed by atoms with van der Waals surface area (Å²) in [5, 5.41) is 0. The van der Waals surface area contributed by atoms with E-state index in [0.717, 1.165) is 11.3 Å². The Morgan fingerprint density at radius 1 is 1.39 bits per heavy atom. The predicted octanol–water partition coefficient (Wildman–Crippen LogP) is 1.71. The van der Waals surface area contributed by atoms with Gasteiger partial charge in [0.15, 0.2) is 4.21 Å². The molecule has 0 fully saturated rings. The highest BCUT2D eigenvalue weighted by atomic mass is 32.2. The standard InChI is InChI=1S/C11H20N2O3S2/c1-7(2)11(4,5)6-12-18(15,16)9-8(3)13-10(14)17-9/h7,12H,6H2,1-5H3,(H,13,14). The topological polar surface area (TPSA) is 79.0 Å². The van der Waals surface area contributed by atoms with Gasteiger partial charge in [-0.15, -0.1) is 0 Å². The summed E-state index contributed by atoms with van der Waals surface area (Å²) in [4.78, 5) is 13.3. The highest BCUT2D eigenvalue weighted by Gasteiger charge is 2.27. The second kappa shape index (κ2) is 5.14. The lowest BCUT2D eigenvalue weighted by atomic mass is 9.81. The van der Waals surface area contributed by atoms with Crippen LogP contribution in [0.1, 0.15) is 33.4 Å². The lowest BCUT2D eigenvalue weighted by Gasteiger charge is -2.29. The van der Waals surface area contributed by atoms with E-state index in [4.69, 9.17) is 0 Å². The van der Waals surface area contributed by atoms with Gasteiger partial charge < -0.3 is 4.98 Å². The summed E-state index contributed by atoms with van der Waals surface area (Å²) in [6.45, 7) is 10.0. The Morgan fingerprint density at radius 3 is 2.33 bits per heavy atom. The Labute approximate surface area is 112 Å². The molecule has 5 nitrogen and oxygen atoms in total. The lowest BCUT2D eigenvalue weighted by molar-refractivity contribution is 0.252. The van der Waals surface area contributed by atoms with Gasteiger partial charge in [-0.25, -0.2) is 13.1 Å². The van der Waals surface area contributed by atoms with Crippen LogP contribution in [0.15, 0.2) is 9.00 Å². The fourth-order valence-corrected chi connectivity index (χ4v) is 3.76. The molecule has 0 aromatic carbocycles. The molecule has 0 aliphatic heterocycles. The number of rotatable bonds is 5. The number of H-pyrrole nitrogens is 1. The molecule has 0 saturated heterocycles. The minimum atomic E-state index is -3.60. The number of aromatic amines is 1. The summed E-state index contributed by atoms with van der Waals surface area (Å²) in [7, 11) is -3.60. The first kappa shape index (κ1) is 15.4. The number of sulfonamides is 1. The monoisotopic (exact) mass is 292 g/mol. The Hall–Kier alpha value is -0.660. The average Bonchev–Trinajstić information content (AvgIpc) is 2.56. The molecule has 7 heteroatoms. The molecule has 1 heterocycles. The van der Waals surface area contributed by atoms with Crippen molar-refractivity contribution in [3.63, 3.8) is 0 Å². The number of hydrogen-bond acceptors (Lipinski definition) is 4. The SMILES string of the molecule is Cc1[nH]c(=O)sc1S(=O)(=O)NCC(C)(C)C(C)C. The number of thiazole rings is 1. The Bertz CT molecular complexity index is 567. The van der Waals surface area contributed by atoms with Crippen LogP contribution < -0.4 is 9.60 Å². The zero-order valence-electron chi connectivity index (χ0n) is 11.3. The second-order valence-corrected chi connectivity index (χ2v) is 8.34. The van der Waals surface area contributed by atoms with E-state index in [2.05, 4.69) is 9.71 Å². The summed E-state index contributed by atoms with van der Waals surface area (Å²) in [6, 6.07) is 0. The van der Waals surface area contributed by atoms with Crippen molar-refractivity contribution in [2.24, 2.45) is 11.3 Å². The van der Waals surface area contributed by atoms with E-state index in [-0.39, 0.29) is 14.5 Å². The Kier molecular flexibility index (Phi) is 4.40. The van der Waals surface area contributed by atoms with E-state index < -0.39 is 10.0 Å². The molecule has 0 spiro atoms. The third kappa shape index (κ3) is 3.43. The Morgan fingerprint density at radius 2 is 1.94 bits per heavy atom.